The molecule has 2 aromatic rings. The van der Waals surface area contributed by atoms with Crippen LogP contribution in [0.5, 0.6) is 5.75 Å². The van der Waals surface area contributed by atoms with Crippen LogP contribution in [0, 0.1) is 0 Å². The van der Waals surface area contributed by atoms with Crippen LogP contribution in [0.25, 0.3) is 0 Å². The van der Waals surface area contributed by atoms with Crippen molar-refractivity contribution in [2.75, 3.05) is 0 Å². The lowest BCUT2D eigenvalue weighted by Gasteiger charge is -2.08. The molecule has 5 nitrogen and oxygen atoms in total. The van der Waals surface area contributed by atoms with Crippen molar-refractivity contribution in [2.45, 2.75) is 12.5 Å². The van der Waals surface area contributed by atoms with Crippen molar-refractivity contribution in [3.05, 3.63) is 65.7 Å². The predicted molar refractivity (Wildman–Crippen MR) is 77.2 cm³/mol. The second-order valence-electron chi connectivity index (χ2n) is 4.55. The van der Waals surface area contributed by atoms with E-state index in [1.165, 1.54) is 0 Å². The van der Waals surface area contributed by atoms with Crippen LogP contribution >= 0.6 is 0 Å². The Labute approximate surface area is 122 Å². The Kier molecular flexibility index (Phi) is 4.68. The molecule has 0 unspecified atom stereocenters. The highest BCUT2D eigenvalue weighted by atomic mass is 16.5. The molecule has 0 amide bonds. The lowest BCUT2D eigenvalue weighted by Crippen LogP contribution is -2.32. The second-order valence-corrected chi connectivity index (χ2v) is 4.55. The van der Waals surface area contributed by atoms with Gasteiger partial charge in [0.1, 0.15) is 11.8 Å². The maximum atomic E-state index is 11.8. The molecule has 0 fully saturated rings. The summed E-state index contributed by atoms with van der Waals surface area (Å²) in [6.07, 6.45) is 0.224. The molecule has 1 atom stereocenters. The van der Waals surface area contributed by atoms with E-state index in [2.05, 4.69) is 0 Å². The molecule has 0 saturated carbocycles. The van der Waals surface area contributed by atoms with Crippen LogP contribution in [0.2, 0.25) is 0 Å². The Morgan fingerprint density at radius 2 is 1.67 bits per heavy atom. The van der Waals surface area contributed by atoms with Gasteiger partial charge in [-0.15, -0.1) is 0 Å². The average molecular weight is 285 g/mol. The lowest BCUT2D eigenvalue weighted by molar-refractivity contribution is -0.138. The van der Waals surface area contributed by atoms with Crippen molar-refractivity contribution in [1.82, 2.24) is 0 Å². The van der Waals surface area contributed by atoms with E-state index in [0.29, 0.717) is 11.3 Å². The molecule has 0 aromatic heterocycles. The third-order valence-electron chi connectivity index (χ3n) is 2.92. The van der Waals surface area contributed by atoms with Gasteiger partial charge in [0.25, 0.3) is 0 Å². The maximum Gasteiger partial charge on any atom is 0.343 e. The first-order valence-corrected chi connectivity index (χ1v) is 6.41. The standard InChI is InChI=1S/C16H15NO4/c17-14(15(18)19)10-11-6-8-13(9-7-11)21-16(20)12-4-2-1-3-5-12/h1-9,14H,10,17H2,(H,18,19)/t14-/m0/s1. The molecule has 0 radical (unpaired) electrons. The minimum Gasteiger partial charge on any atom is -0.480 e. The van der Waals surface area contributed by atoms with Gasteiger partial charge < -0.3 is 15.6 Å². The normalized spacial score (nSPS) is 11.7. The summed E-state index contributed by atoms with van der Waals surface area (Å²) in [4.78, 5) is 22.5. The topological polar surface area (TPSA) is 89.6 Å². The van der Waals surface area contributed by atoms with E-state index in [1.807, 2.05) is 6.07 Å². The summed E-state index contributed by atoms with van der Waals surface area (Å²) < 4.78 is 5.22. The smallest absolute Gasteiger partial charge is 0.343 e. The number of aliphatic carboxylic acids is 1. The van der Waals surface area contributed by atoms with Gasteiger partial charge in [0.15, 0.2) is 0 Å². The van der Waals surface area contributed by atoms with Crippen LogP contribution in [0.15, 0.2) is 54.6 Å². The fourth-order valence-corrected chi connectivity index (χ4v) is 1.78. The first-order valence-electron chi connectivity index (χ1n) is 6.41. The molecular formula is C16H15NO4. The Bertz CT molecular complexity index is 622. The van der Waals surface area contributed by atoms with Crippen LogP contribution in [-0.2, 0) is 11.2 Å². The van der Waals surface area contributed by atoms with Crippen LogP contribution < -0.4 is 10.5 Å². The molecule has 3 N–H and O–H groups in total. The Morgan fingerprint density at radius 3 is 2.24 bits per heavy atom. The number of carboxylic acid groups (broad SMARTS) is 1. The van der Waals surface area contributed by atoms with E-state index >= 15 is 0 Å². The molecule has 0 spiro atoms. The second kappa shape index (κ2) is 6.67. The fourth-order valence-electron chi connectivity index (χ4n) is 1.78. The van der Waals surface area contributed by atoms with E-state index in [1.54, 1.807) is 48.5 Å². The Morgan fingerprint density at radius 1 is 1.05 bits per heavy atom. The van der Waals surface area contributed by atoms with Crippen molar-refractivity contribution < 1.29 is 19.4 Å². The number of carboxylic acids is 1. The van der Waals surface area contributed by atoms with Gasteiger partial charge in [-0.3, -0.25) is 4.79 Å². The zero-order chi connectivity index (χ0) is 15.2. The van der Waals surface area contributed by atoms with E-state index < -0.39 is 18.0 Å². The first kappa shape index (κ1) is 14.7. The number of carbonyl (C=O) groups is 2. The van der Waals surface area contributed by atoms with Crippen LogP contribution in [0.3, 0.4) is 0 Å². The van der Waals surface area contributed by atoms with Crippen molar-refractivity contribution in [2.24, 2.45) is 5.73 Å². The predicted octanol–water partition coefficient (Wildman–Crippen LogP) is 1.86. The molecule has 2 rings (SSSR count). The lowest BCUT2D eigenvalue weighted by atomic mass is 10.1. The highest BCUT2D eigenvalue weighted by Gasteiger charge is 2.12. The van der Waals surface area contributed by atoms with Gasteiger partial charge in [0, 0.05) is 0 Å². The van der Waals surface area contributed by atoms with Gasteiger partial charge in [-0.1, -0.05) is 30.3 Å². The number of esters is 1. The van der Waals surface area contributed by atoms with E-state index in [0.717, 1.165) is 5.56 Å². The van der Waals surface area contributed by atoms with Gasteiger partial charge in [0.05, 0.1) is 5.56 Å². The molecule has 0 bridgehead atoms. The third-order valence-corrected chi connectivity index (χ3v) is 2.92. The summed E-state index contributed by atoms with van der Waals surface area (Å²) in [7, 11) is 0. The highest BCUT2D eigenvalue weighted by Crippen LogP contribution is 2.15. The van der Waals surface area contributed by atoms with Crippen molar-refractivity contribution in [3.8, 4) is 5.75 Å². The SMILES string of the molecule is N[C@@H](Cc1ccc(OC(=O)c2ccccc2)cc1)C(=O)O. The highest BCUT2D eigenvalue weighted by molar-refractivity contribution is 5.90. The summed E-state index contributed by atoms with van der Waals surface area (Å²) in [5.74, 6) is -1.09. The van der Waals surface area contributed by atoms with Gasteiger partial charge in [0.2, 0.25) is 0 Å². The molecule has 0 heterocycles. The quantitative estimate of drug-likeness (QED) is 0.646. The molecule has 0 aliphatic carbocycles. The zero-order valence-electron chi connectivity index (χ0n) is 11.2. The number of hydrogen-bond donors (Lipinski definition) is 2. The summed E-state index contributed by atoms with van der Waals surface area (Å²) >= 11 is 0. The fraction of sp³-hybridized carbons (Fsp3) is 0.125. The third kappa shape index (κ3) is 4.15. The van der Waals surface area contributed by atoms with Crippen molar-refractivity contribution >= 4 is 11.9 Å². The van der Waals surface area contributed by atoms with Gasteiger partial charge in [-0.2, -0.15) is 0 Å². The molecule has 0 aliphatic rings. The van der Waals surface area contributed by atoms with Crippen LogP contribution in [-0.4, -0.2) is 23.1 Å². The number of benzene rings is 2. The number of rotatable bonds is 5. The van der Waals surface area contributed by atoms with E-state index in [9.17, 15) is 9.59 Å². The number of nitrogens with two attached hydrogens (primary N) is 1. The number of carbonyl (C=O) groups excluding carboxylic acids is 1. The maximum absolute atomic E-state index is 11.8. The molecule has 5 heteroatoms. The molecule has 0 aliphatic heterocycles. The Balaban J connectivity index is 2.00. The first-order chi connectivity index (χ1) is 10.1. The van der Waals surface area contributed by atoms with Crippen LogP contribution in [0.4, 0.5) is 0 Å². The zero-order valence-corrected chi connectivity index (χ0v) is 11.2. The van der Waals surface area contributed by atoms with Gasteiger partial charge in [-0.05, 0) is 36.2 Å². The number of ether oxygens (including phenoxy) is 1. The van der Waals surface area contributed by atoms with Crippen molar-refractivity contribution in [1.29, 1.82) is 0 Å². The monoisotopic (exact) mass is 285 g/mol. The molecule has 2 aromatic carbocycles. The van der Waals surface area contributed by atoms with Gasteiger partial charge in [-0.25, -0.2) is 4.79 Å². The molecule has 21 heavy (non-hydrogen) atoms. The van der Waals surface area contributed by atoms with Crippen LogP contribution in [0.1, 0.15) is 15.9 Å². The summed E-state index contributed by atoms with van der Waals surface area (Å²) in [6, 6.07) is 14.3. The largest absolute Gasteiger partial charge is 0.480 e. The minimum atomic E-state index is -1.05. The van der Waals surface area contributed by atoms with Crippen molar-refractivity contribution in [3.63, 3.8) is 0 Å². The summed E-state index contributed by atoms with van der Waals surface area (Å²) in [6.45, 7) is 0. The molecule has 0 saturated heterocycles. The molecular weight excluding hydrogens is 270 g/mol. The minimum absolute atomic E-state index is 0.224. The Hall–Kier alpha value is -2.66. The number of hydrogen-bond acceptors (Lipinski definition) is 4. The van der Waals surface area contributed by atoms with Gasteiger partial charge >= 0.3 is 11.9 Å². The van der Waals surface area contributed by atoms with E-state index in [4.69, 9.17) is 15.6 Å². The average Bonchev–Trinajstić information content (AvgIpc) is 2.50. The summed E-state index contributed by atoms with van der Waals surface area (Å²) in [5, 5.41) is 8.75. The van der Waals surface area contributed by atoms with E-state index in [-0.39, 0.29) is 6.42 Å². The summed E-state index contributed by atoms with van der Waals surface area (Å²) in [5.41, 5.74) is 6.69. The molecule has 108 valence electrons.